The zero-order chi connectivity index (χ0) is 11.0. The maximum Gasteiger partial charge on any atom is 0.0208 e. The lowest BCUT2D eigenvalue weighted by Gasteiger charge is -2.31. The van der Waals surface area contributed by atoms with E-state index in [1.165, 1.54) is 37.8 Å². The van der Waals surface area contributed by atoms with Gasteiger partial charge in [-0.25, -0.2) is 0 Å². The highest BCUT2D eigenvalue weighted by molar-refractivity contribution is 5.36. The quantitative estimate of drug-likeness (QED) is 0.757. The van der Waals surface area contributed by atoms with E-state index in [0.717, 1.165) is 18.4 Å². The van der Waals surface area contributed by atoms with Gasteiger partial charge >= 0.3 is 0 Å². The van der Waals surface area contributed by atoms with E-state index < -0.39 is 0 Å². The summed E-state index contributed by atoms with van der Waals surface area (Å²) < 4.78 is 0. The number of aryl methyl sites for hydroxylation is 1. The van der Waals surface area contributed by atoms with Gasteiger partial charge in [0, 0.05) is 13.1 Å². The standard InChI is InChI=1S/C15H21N/c1-11-6-7-14-13(8-11)9-16-10-15(14)12-4-2-3-5-12/h6-8,12,15-16H,2-5,9-10H2,1H3. The summed E-state index contributed by atoms with van der Waals surface area (Å²) >= 11 is 0. The Morgan fingerprint density at radius 1 is 1.19 bits per heavy atom. The zero-order valence-corrected chi connectivity index (χ0v) is 10.1. The zero-order valence-electron chi connectivity index (χ0n) is 10.1. The lowest BCUT2D eigenvalue weighted by Crippen LogP contribution is -2.31. The third-order valence-corrected chi connectivity index (χ3v) is 4.35. The molecule has 0 saturated heterocycles. The summed E-state index contributed by atoms with van der Waals surface area (Å²) in [7, 11) is 0. The van der Waals surface area contributed by atoms with Gasteiger partial charge in [0.15, 0.2) is 0 Å². The van der Waals surface area contributed by atoms with Crippen LogP contribution in [0.15, 0.2) is 18.2 Å². The van der Waals surface area contributed by atoms with Crippen molar-refractivity contribution in [2.75, 3.05) is 6.54 Å². The lowest BCUT2D eigenvalue weighted by atomic mass is 9.80. The molecule has 1 aromatic rings. The average molecular weight is 215 g/mol. The predicted molar refractivity (Wildman–Crippen MR) is 67.6 cm³/mol. The Labute approximate surface area is 98.3 Å². The van der Waals surface area contributed by atoms with Crippen molar-refractivity contribution in [1.29, 1.82) is 0 Å². The molecular formula is C15H21N. The van der Waals surface area contributed by atoms with Crippen molar-refractivity contribution >= 4 is 0 Å². The molecule has 1 aliphatic heterocycles. The molecule has 0 aromatic heterocycles. The molecule has 0 bridgehead atoms. The fourth-order valence-corrected chi connectivity index (χ4v) is 3.50. The summed E-state index contributed by atoms with van der Waals surface area (Å²) in [5, 5.41) is 3.60. The molecule has 1 unspecified atom stereocenters. The fourth-order valence-electron chi connectivity index (χ4n) is 3.50. The minimum atomic E-state index is 0.784. The van der Waals surface area contributed by atoms with E-state index in [0.29, 0.717) is 0 Å². The highest BCUT2D eigenvalue weighted by Crippen LogP contribution is 2.39. The third-order valence-electron chi connectivity index (χ3n) is 4.35. The van der Waals surface area contributed by atoms with Gasteiger partial charge in [-0.2, -0.15) is 0 Å². The summed E-state index contributed by atoms with van der Waals surface area (Å²) in [4.78, 5) is 0. The van der Waals surface area contributed by atoms with Crippen molar-refractivity contribution in [2.45, 2.75) is 45.1 Å². The van der Waals surface area contributed by atoms with E-state index in [-0.39, 0.29) is 0 Å². The smallest absolute Gasteiger partial charge is 0.0208 e. The van der Waals surface area contributed by atoms with Crippen molar-refractivity contribution in [1.82, 2.24) is 5.32 Å². The highest BCUT2D eigenvalue weighted by atomic mass is 14.9. The normalized spacial score (nSPS) is 25.7. The molecule has 1 aromatic carbocycles. The second-order valence-corrected chi connectivity index (χ2v) is 5.48. The van der Waals surface area contributed by atoms with Crippen LogP contribution in [0.25, 0.3) is 0 Å². The number of nitrogens with one attached hydrogen (secondary N) is 1. The fraction of sp³-hybridized carbons (Fsp3) is 0.600. The monoisotopic (exact) mass is 215 g/mol. The van der Waals surface area contributed by atoms with Crippen LogP contribution in [0.4, 0.5) is 0 Å². The van der Waals surface area contributed by atoms with Crippen molar-refractivity contribution in [3.63, 3.8) is 0 Å². The molecule has 1 heteroatoms. The Balaban J connectivity index is 1.93. The minimum absolute atomic E-state index is 0.784. The molecule has 0 amide bonds. The van der Waals surface area contributed by atoms with E-state index in [1.807, 2.05) is 0 Å². The Morgan fingerprint density at radius 3 is 2.81 bits per heavy atom. The Hall–Kier alpha value is -0.820. The minimum Gasteiger partial charge on any atom is -0.312 e. The van der Waals surface area contributed by atoms with Gasteiger partial charge in [-0.1, -0.05) is 36.6 Å². The SMILES string of the molecule is Cc1ccc2c(c1)CNCC2C1CCCC1. The van der Waals surface area contributed by atoms with Crippen LogP contribution in [-0.4, -0.2) is 6.54 Å². The first-order valence-electron chi connectivity index (χ1n) is 6.65. The summed E-state index contributed by atoms with van der Waals surface area (Å²) in [6.07, 6.45) is 5.78. The van der Waals surface area contributed by atoms with Gasteiger partial charge in [0.1, 0.15) is 0 Å². The number of benzene rings is 1. The Morgan fingerprint density at radius 2 is 2.00 bits per heavy atom. The van der Waals surface area contributed by atoms with Crippen LogP contribution in [0.3, 0.4) is 0 Å². The lowest BCUT2D eigenvalue weighted by molar-refractivity contribution is 0.391. The molecule has 1 saturated carbocycles. The summed E-state index contributed by atoms with van der Waals surface area (Å²) in [5.41, 5.74) is 4.58. The molecule has 2 aliphatic rings. The number of hydrogen-bond donors (Lipinski definition) is 1. The van der Waals surface area contributed by atoms with Crippen LogP contribution in [0.5, 0.6) is 0 Å². The van der Waals surface area contributed by atoms with E-state index in [2.05, 4.69) is 30.4 Å². The summed E-state index contributed by atoms with van der Waals surface area (Å²) in [6, 6.07) is 7.03. The molecule has 1 atom stereocenters. The molecule has 1 fully saturated rings. The summed E-state index contributed by atoms with van der Waals surface area (Å²) in [6.45, 7) is 4.46. The molecule has 1 nitrogen and oxygen atoms in total. The molecule has 16 heavy (non-hydrogen) atoms. The Kier molecular flexibility index (Phi) is 2.72. The van der Waals surface area contributed by atoms with Crippen LogP contribution in [0.1, 0.15) is 48.3 Å². The first-order chi connectivity index (χ1) is 7.84. The third kappa shape index (κ3) is 1.78. The summed E-state index contributed by atoms with van der Waals surface area (Å²) in [5.74, 6) is 1.72. The molecule has 1 heterocycles. The van der Waals surface area contributed by atoms with Gasteiger partial charge in [0.05, 0.1) is 0 Å². The van der Waals surface area contributed by atoms with Gasteiger partial charge < -0.3 is 5.32 Å². The first-order valence-corrected chi connectivity index (χ1v) is 6.65. The average Bonchev–Trinajstić information content (AvgIpc) is 2.81. The van der Waals surface area contributed by atoms with Crippen LogP contribution >= 0.6 is 0 Å². The molecule has 1 aliphatic carbocycles. The first kappa shape index (κ1) is 10.3. The molecule has 3 rings (SSSR count). The Bertz CT molecular complexity index is 377. The van der Waals surface area contributed by atoms with Crippen LogP contribution in [-0.2, 0) is 6.54 Å². The number of fused-ring (bicyclic) bond motifs is 1. The van der Waals surface area contributed by atoms with E-state index >= 15 is 0 Å². The van der Waals surface area contributed by atoms with Crippen molar-refractivity contribution < 1.29 is 0 Å². The number of rotatable bonds is 1. The van der Waals surface area contributed by atoms with Crippen LogP contribution < -0.4 is 5.32 Å². The second-order valence-electron chi connectivity index (χ2n) is 5.48. The highest BCUT2D eigenvalue weighted by Gasteiger charge is 2.29. The van der Waals surface area contributed by atoms with E-state index in [1.54, 1.807) is 11.1 Å². The van der Waals surface area contributed by atoms with Gasteiger partial charge in [-0.05, 0) is 42.7 Å². The predicted octanol–water partition coefficient (Wildman–Crippen LogP) is 3.37. The van der Waals surface area contributed by atoms with Crippen LogP contribution in [0, 0.1) is 12.8 Å². The maximum absolute atomic E-state index is 3.60. The molecule has 86 valence electrons. The molecular weight excluding hydrogens is 194 g/mol. The van der Waals surface area contributed by atoms with Gasteiger partial charge in [0.25, 0.3) is 0 Å². The molecule has 0 spiro atoms. The van der Waals surface area contributed by atoms with Crippen molar-refractivity contribution in [3.05, 3.63) is 34.9 Å². The van der Waals surface area contributed by atoms with E-state index in [4.69, 9.17) is 0 Å². The van der Waals surface area contributed by atoms with Crippen molar-refractivity contribution in [3.8, 4) is 0 Å². The maximum atomic E-state index is 3.60. The number of hydrogen-bond acceptors (Lipinski definition) is 1. The largest absolute Gasteiger partial charge is 0.312 e. The van der Waals surface area contributed by atoms with Gasteiger partial charge in [-0.3, -0.25) is 0 Å². The van der Waals surface area contributed by atoms with E-state index in [9.17, 15) is 0 Å². The topological polar surface area (TPSA) is 12.0 Å². The second kappa shape index (κ2) is 4.21. The van der Waals surface area contributed by atoms with Gasteiger partial charge in [-0.15, -0.1) is 0 Å². The van der Waals surface area contributed by atoms with Gasteiger partial charge in [0.2, 0.25) is 0 Å². The van der Waals surface area contributed by atoms with Crippen molar-refractivity contribution in [2.24, 2.45) is 5.92 Å². The molecule has 0 radical (unpaired) electrons. The molecule has 1 N–H and O–H groups in total. The van der Waals surface area contributed by atoms with Crippen LogP contribution in [0.2, 0.25) is 0 Å².